The number of carbonyl (C=O) groups is 2. The first kappa shape index (κ1) is 29.5. The molecule has 1 aliphatic carbocycles. The fraction of sp³-hybridized carbons (Fsp3) is 0.462. The molecule has 0 unspecified atom stereocenters. The number of phenolic OH excluding ortho intramolecular Hbond substituents is 1. The lowest BCUT2D eigenvalue weighted by molar-refractivity contribution is -0.346. The van der Waals surface area contributed by atoms with Crippen LogP contribution in [-0.2, 0) is 28.5 Å². The second kappa shape index (κ2) is 11.9. The van der Waals surface area contributed by atoms with E-state index in [1.54, 1.807) is 0 Å². The quantitative estimate of drug-likeness (QED) is 0.104. The van der Waals surface area contributed by atoms with Gasteiger partial charge in [0.25, 0.3) is 0 Å². The summed E-state index contributed by atoms with van der Waals surface area (Å²) in [5.41, 5.74) is -1.61. The molecule has 0 aromatic heterocycles. The molecule has 0 bridgehead atoms. The van der Waals surface area contributed by atoms with Crippen molar-refractivity contribution < 1.29 is 69.0 Å². The Bertz CT molecular complexity index is 1190. The van der Waals surface area contributed by atoms with Gasteiger partial charge in [-0.2, -0.15) is 0 Å². The normalized spacial score (nSPS) is 35.1. The first-order chi connectivity index (χ1) is 19.0. The Morgan fingerprint density at radius 1 is 1.12 bits per heavy atom. The number of carbonyl (C=O) groups excluding carboxylic acids is 1. The summed E-state index contributed by atoms with van der Waals surface area (Å²) in [5, 5.41) is 70.9. The van der Waals surface area contributed by atoms with Crippen molar-refractivity contribution in [3.8, 4) is 11.5 Å². The summed E-state index contributed by atoms with van der Waals surface area (Å²) >= 11 is 0. The summed E-state index contributed by atoms with van der Waals surface area (Å²) in [6, 6.07) is 4.39. The van der Waals surface area contributed by atoms with Crippen LogP contribution in [0.4, 0.5) is 0 Å². The van der Waals surface area contributed by atoms with Gasteiger partial charge in [-0.3, -0.25) is 0 Å². The first-order valence-electron chi connectivity index (χ1n) is 12.2. The number of carboxylic acid groups (broad SMARTS) is 1. The van der Waals surface area contributed by atoms with Crippen molar-refractivity contribution in [3.63, 3.8) is 0 Å². The zero-order chi connectivity index (χ0) is 29.2. The maximum atomic E-state index is 12.2. The van der Waals surface area contributed by atoms with Crippen LogP contribution in [0.1, 0.15) is 5.56 Å². The molecule has 1 saturated heterocycles. The standard InChI is InChI=1S/C26H30O14/c1-36-16-8-12(2-4-15(16)28)3-5-18(29)37-10-17-20(30)21(31)22(32)25(39-17)40-24-19-13(6-7-26(19,35)11-27)14(9-38-24)23(33)34/h2-9,13,17,19-22,24-25,27-28,30-32,35H,10-11H2,1H3,(H,33,34)/b5-3+/t13-,17+,19+,20+,21-,22+,24-,25-,26+/m0/s1. The minimum atomic E-state index is -1.93. The Balaban J connectivity index is 1.42. The zero-order valence-corrected chi connectivity index (χ0v) is 21.1. The smallest absolute Gasteiger partial charge is 0.335 e. The van der Waals surface area contributed by atoms with Gasteiger partial charge in [0.1, 0.15) is 36.6 Å². The molecule has 14 nitrogen and oxygen atoms in total. The number of rotatable bonds is 9. The summed E-state index contributed by atoms with van der Waals surface area (Å²) < 4.78 is 26.7. The van der Waals surface area contributed by atoms with Crippen LogP contribution in [0.15, 0.2) is 48.3 Å². The highest BCUT2D eigenvalue weighted by atomic mass is 16.8. The molecule has 40 heavy (non-hydrogen) atoms. The van der Waals surface area contributed by atoms with Crippen molar-refractivity contribution in [2.75, 3.05) is 20.3 Å². The van der Waals surface area contributed by atoms with Gasteiger partial charge in [-0.05, 0) is 23.8 Å². The van der Waals surface area contributed by atoms with Crippen LogP contribution in [-0.4, -0.2) is 111 Å². The Hall–Kier alpha value is -3.50. The molecule has 0 spiro atoms. The van der Waals surface area contributed by atoms with Gasteiger partial charge in [-0.15, -0.1) is 0 Å². The number of allylic oxidation sites excluding steroid dienone is 1. The third kappa shape index (κ3) is 5.83. The highest BCUT2D eigenvalue weighted by Gasteiger charge is 2.55. The first-order valence-corrected chi connectivity index (χ1v) is 12.2. The zero-order valence-electron chi connectivity index (χ0n) is 21.1. The predicted octanol–water partition coefficient (Wildman–Crippen LogP) is -1.37. The number of aliphatic hydroxyl groups excluding tert-OH is 4. The molecule has 14 heteroatoms. The van der Waals surface area contributed by atoms with E-state index in [2.05, 4.69) is 0 Å². The van der Waals surface area contributed by atoms with Crippen LogP contribution in [0.25, 0.3) is 6.08 Å². The van der Waals surface area contributed by atoms with Crippen molar-refractivity contribution in [2.24, 2.45) is 11.8 Å². The van der Waals surface area contributed by atoms with E-state index in [-0.39, 0.29) is 17.1 Å². The van der Waals surface area contributed by atoms with Gasteiger partial charge in [0.15, 0.2) is 17.8 Å². The minimum Gasteiger partial charge on any atom is -0.504 e. The summed E-state index contributed by atoms with van der Waals surface area (Å²) in [6.45, 7) is -1.35. The third-order valence-corrected chi connectivity index (χ3v) is 6.98. The Kier molecular flexibility index (Phi) is 8.80. The molecule has 3 aliphatic rings. The summed E-state index contributed by atoms with van der Waals surface area (Å²) in [4.78, 5) is 23.9. The number of benzene rings is 1. The fourth-order valence-electron chi connectivity index (χ4n) is 4.76. The highest BCUT2D eigenvalue weighted by molar-refractivity contribution is 5.88. The van der Waals surface area contributed by atoms with Gasteiger partial charge in [-0.1, -0.05) is 18.2 Å². The second-order valence-corrected chi connectivity index (χ2v) is 9.49. The van der Waals surface area contributed by atoms with Crippen LogP contribution in [0.3, 0.4) is 0 Å². The number of aliphatic carboxylic acids is 1. The monoisotopic (exact) mass is 566 g/mol. The molecule has 1 fully saturated rings. The van der Waals surface area contributed by atoms with E-state index in [1.807, 2.05) is 0 Å². The van der Waals surface area contributed by atoms with Gasteiger partial charge in [0.05, 0.1) is 31.5 Å². The van der Waals surface area contributed by atoms with E-state index in [0.29, 0.717) is 5.56 Å². The molecule has 2 aliphatic heterocycles. The number of methoxy groups -OCH3 is 1. The molecule has 0 radical (unpaired) electrons. The van der Waals surface area contributed by atoms with E-state index in [1.165, 1.54) is 43.5 Å². The van der Waals surface area contributed by atoms with E-state index >= 15 is 0 Å². The van der Waals surface area contributed by atoms with Gasteiger partial charge in [-0.25, -0.2) is 9.59 Å². The van der Waals surface area contributed by atoms with Crippen LogP contribution in [0.2, 0.25) is 0 Å². The maximum absolute atomic E-state index is 12.2. The van der Waals surface area contributed by atoms with Crippen LogP contribution >= 0.6 is 0 Å². The van der Waals surface area contributed by atoms with Crippen molar-refractivity contribution in [3.05, 3.63) is 53.8 Å². The van der Waals surface area contributed by atoms with E-state index < -0.39 is 79.6 Å². The summed E-state index contributed by atoms with van der Waals surface area (Å²) in [7, 11) is 1.37. The lowest BCUT2D eigenvalue weighted by Gasteiger charge is -2.44. The molecule has 2 heterocycles. The topological polar surface area (TPSA) is 222 Å². The Labute approximate surface area is 227 Å². The van der Waals surface area contributed by atoms with Crippen molar-refractivity contribution in [2.45, 2.75) is 42.6 Å². The molecule has 1 aromatic carbocycles. The number of carboxylic acids is 1. The van der Waals surface area contributed by atoms with Gasteiger partial charge < -0.3 is 59.4 Å². The Morgan fingerprint density at radius 3 is 2.55 bits per heavy atom. The molecule has 218 valence electrons. The molecule has 1 aromatic rings. The lowest BCUT2D eigenvalue weighted by atomic mass is 9.79. The van der Waals surface area contributed by atoms with E-state index in [4.69, 9.17) is 23.7 Å². The Morgan fingerprint density at radius 2 is 1.88 bits per heavy atom. The molecular formula is C26H30O14. The molecule has 0 saturated carbocycles. The molecular weight excluding hydrogens is 536 g/mol. The number of ether oxygens (including phenoxy) is 5. The number of hydrogen-bond donors (Lipinski definition) is 7. The number of esters is 1. The predicted molar refractivity (Wildman–Crippen MR) is 131 cm³/mol. The average Bonchev–Trinajstić information content (AvgIpc) is 3.30. The largest absolute Gasteiger partial charge is 0.504 e. The number of phenols is 1. The highest BCUT2D eigenvalue weighted by Crippen LogP contribution is 2.45. The SMILES string of the molecule is COc1cc(/C=C/C(=O)OC[C@H]2O[C@@H](O[C@@H]3OC=C(C(=O)O)[C@@H]4C=C[C@@](O)(CO)[C@@H]34)[C@H](O)[C@@H](O)[C@@H]2O)ccc1O. The van der Waals surface area contributed by atoms with Crippen molar-refractivity contribution >= 4 is 18.0 Å². The van der Waals surface area contributed by atoms with Crippen molar-refractivity contribution in [1.29, 1.82) is 0 Å². The number of hydrogen-bond acceptors (Lipinski definition) is 13. The van der Waals surface area contributed by atoms with Crippen molar-refractivity contribution in [1.82, 2.24) is 0 Å². The minimum absolute atomic E-state index is 0.0825. The number of aromatic hydroxyl groups is 1. The van der Waals surface area contributed by atoms with Gasteiger partial charge >= 0.3 is 11.9 Å². The lowest BCUT2D eigenvalue weighted by Crippen LogP contribution is -2.61. The van der Waals surface area contributed by atoms with Crippen LogP contribution < -0.4 is 4.74 Å². The molecule has 9 atom stereocenters. The number of fused-ring (bicyclic) bond motifs is 1. The third-order valence-electron chi connectivity index (χ3n) is 6.98. The van der Waals surface area contributed by atoms with Crippen LogP contribution in [0, 0.1) is 11.8 Å². The fourth-order valence-corrected chi connectivity index (χ4v) is 4.76. The van der Waals surface area contributed by atoms with Crippen LogP contribution in [0.5, 0.6) is 11.5 Å². The summed E-state index contributed by atoms with van der Waals surface area (Å²) in [6.07, 6.45) is -3.78. The van der Waals surface area contributed by atoms with E-state index in [0.717, 1.165) is 12.3 Å². The van der Waals surface area contributed by atoms with E-state index in [9.17, 15) is 45.3 Å². The van der Waals surface area contributed by atoms with Gasteiger partial charge in [0, 0.05) is 12.0 Å². The van der Waals surface area contributed by atoms with Gasteiger partial charge in [0.2, 0.25) is 6.29 Å². The molecule has 7 N–H and O–H groups in total. The molecule has 4 rings (SSSR count). The molecule has 0 amide bonds. The second-order valence-electron chi connectivity index (χ2n) is 9.49. The number of aliphatic hydroxyl groups is 5. The maximum Gasteiger partial charge on any atom is 0.335 e. The summed E-state index contributed by atoms with van der Waals surface area (Å²) in [5.74, 6) is -4.11. The average molecular weight is 567 g/mol.